The molecule has 0 saturated heterocycles. The Balaban J connectivity index is 1.61. The van der Waals surface area contributed by atoms with E-state index >= 15 is 0 Å². The Labute approximate surface area is 127 Å². The van der Waals surface area contributed by atoms with Crippen molar-refractivity contribution in [1.82, 2.24) is 15.3 Å². The summed E-state index contributed by atoms with van der Waals surface area (Å²) in [4.78, 5) is 19.5. The molecule has 0 radical (unpaired) electrons. The van der Waals surface area contributed by atoms with Crippen LogP contribution in [-0.2, 0) is 0 Å². The summed E-state index contributed by atoms with van der Waals surface area (Å²) in [5.74, 6) is 0.0527. The minimum atomic E-state index is -0.275. The molecule has 2 atom stereocenters. The number of nitrogens with zero attached hydrogens (tertiary/aromatic N) is 1. The third-order valence-corrected chi connectivity index (χ3v) is 4.76. The monoisotopic (exact) mass is 305 g/mol. The second kappa shape index (κ2) is 5.99. The Kier molecular flexibility index (Phi) is 4.07. The van der Waals surface area contributed by atoms with Gasteiger partial charge >= 0.3 is 0 Å². The number of aromatic nitrogens is 2. The van der Waals surface area contributed by atoms with Gasteiger partial charge in [-0.05, 0) is 25.8 Å². The number of rotatable bonds is 4. The Morgan fingerprint density at radius 2 is 2.43 bits per heavy atom. The molecule has 1 amide bonds. The highest BCUT2D eigenvalue weighted by atomic mass is 32.1. The number of aliphatic hydroxyl groups is 1. The summed E-state index contributed by atoms with van der Waals surface area (Å²) in [6.45, 7) is 2.49. The Morgan fingerprint density at radius 3 is 3.10 bits per heavy atom. The van der Waals surface area contributed by atoms with Gasteiger partial charge in [0.2, 0.25) is 0 Å². The molecular weight excluding hydrogens is 286 g/mol. The Bertz CT molecular complexity index is 634. The van der Waals surface area contributed by atoms with Crippen LogP contribution in [0.1, 0.15) is 34.8 Å². The molecule has 1 aliphatic carbocycles. The molecule has 0 aromatic carbocycles. The van der Waals surface area contributed by atoms with Crippen molar-refractivity contribution in [3.8, 4) is 11.3 Å². The minimum absolute atomic E-state index is 0.132. The van der Waals surface area contributed by atoms with E-state index in [0.29, 0.717) is 12.2 Å². The van der Waals surface area contributed by atoms with Gasteiger partial charge in [-0.15, -0.1) is 11.3 Å². The van der Waals surface area contributed by atoms with Gasteiger partial charge in [-0.25, -0.2) is 4.98 Å². The second-order valence-corrected chi connectivity index (χ2v) is 6.58. The zero-order valence-corrected chi connectivity index (χ0v) is 12.7. The Morgan fingerprint density at radius 1 is 1.57 bits per heavy atom. The van der Waals surface area contributed by atoms with Crippen molar-refractivity contribution in [3.63, 3.8) is 0 Å². The zero-order chi connectivity index (χ0) is 14.8. The number of carbonyl (C=O) groups excluding carboxylic acids is 1. The molecule has 1 aliphatic rings. The number of hydrogen-bond donors (Lipinski definition) is 3. The van der Waals surface area contributed by atoms with Crippen molar-refractivity contribution in [2.75, 3.05) is 6.54 Å². The van der Waals surface area contributed by atoms with E-state index in [1.54, 1.807) is 17.5 Å². The number of hydrogen-bond acceptors (Lipinski definition) is 4. The highest BCUT2D eigenvalue weighted by molar-refractivity contribution is 7.09. The van der Waals surface area contributed by atoms with Crippen molar-refractivity contribution in [2.24, 2.45) is 5.92 Å². The third kappa shape index (κ3) is 3.16. The van der Waals surface area contributed by atoms with Gasteiger partial charge in [-0.2, -0.15) is 0 Å². The van der Waals surface area contributed by atoms with E-state index in [4.69, 9.17) is 0 Å². The van der Waals surface area contributed by atoms with Gasteiger partial charge < -0.3 is 15.4 Å². The molecule has 2 aromatic heterocycles. The van der Waals surface area contributed by atoms with E-state index in [1.165, 1.54) is 0 Å². The van der Waals surface area contributed by atoms with Crippen LogP contribution in [-0.4, -0.2) is 33.6 Å². The molecule has 0 spiro atoms. The Hall–Kier alpha value is -1.66. The second-order valence-electron chi connectivity index (χ2n) is 5.52. The third-order valence-electron chi connectivity index (χ3n) is 3.99. The first-order valence-corrected chi connectivity index (χ1v) is 8.08. The first-order chi connectivity index (χ1) is 10.1. The molecule has 6 heteroatoms. The number of aryl methyl sites for hydroxylation is 1. The lowest BCUT2D eigenvalue weighted by Crippen LogP contribution is -2.32. The molecule has 3 N–H and O–H groups in total. The molecule has 112 valence electrons. The molecule has 2 unspecified atom stereocenters. The average Bonchev–Trinajstić information content (AvgIpc) is 3.16. The van der Waals surface area contributed by atoms with E-state index in [1.807, 2.05) is 18.4 Å². The highest BCUT2D eigenvalue weighted by Gasteiger charge is 2.25. The molecule has 1 saturated carbocycles. The van der Waals surface area contributed by atoms with E-state index in [0.717, 1.165) is 35.5 Å². The van der Waals surface area contributed by atoms with Crippen LogP contribution in [0, 0.1) is 12.8 Å². The van der Waals surface area contributed by atoms with Crippen LogP contribution >= 0.6 is 11.3 Å². The largest absolute Gasteiger partial charge is 0.393 e. The maximum atomic E-state index is 12.1. The summed E-state index contributed by atoms with van der Waals surface area (Å²) in [5.41, 5.74) is 2.34. The van der Waals surface area contributed by atoms with Crippen LogP contribution < -0.4 is 5.32 Å². The minimum Gasteiger partial charge on any atom is -0.393 e. The van der Waals surface area contributed by atoms with Crippen molar-refractivity contribution in [1.29, 1.82) is 0 Å². The maximum Gasteiger partial charge on any atom is 0.267 e. The van der Waals surface area contributed by atoms with Crippen LogP contribution in [0.15, 0.2) is 17.6 Å². The molecular formula is C15H19N3O2S. The molecule has 0 aliphatic heterocycles. The first-order valence-electron chi connectivity index (χ1n) is 7.20. The summed E-state index contributed by atoms with van der Waals surface area (Å²) in [6, 6.07) is 1.81. The summed E-state index contributed by atoms with van der Waals surface area (Å²) < 4.78 is 0. The van der Waals surface area contributed by atoms with E-state index in [-0.39, 0.29) is 17.9 Å². The summed E-state index contributed by atoms with van der Waals surface area (Å²) >= 11 is 1.59. The quantitative estimate of drug-likeness (QED) is 0.811. The normalized spacial score (nSPS) is 21.6. The molecule has 2 heterocycles. The highest BCUT2D eigenvalue weighted by Crippen LogP contribution is 2.25. The first kappa shape index (κ1) is 14.3. The lowest BCUT2D eigenvalue weighted by Gasteiger charge is -2.14. The fourth-order valence-corrected chi connectivity index (χ4v) is 3.37. The zero-order valence-electron chi connectivity index (χ0n) is 11.9. The van der Waals surface area contributed by atoms with Crippen LogP contribution in [0.5, 0.6) is 0 Å². The maximum absolute atomic E-state index is 12.1. The van der Waals surface area contributed by atoms with Crippen LogP contribution in [0.4, 0.5) is 0 Å². The average molecular weight is 305 g/mol. The van der Waals surface area contributed by atoms with Crippen LogP contribution in [0.25, 0.3) is 11.3 Å². The number of thiazole rings is 1. The summed E-state index contributed by atoms with van der Waals surface area (Å²) in [5, 5.41) is 15.6. The van der Waals surface area contributed by atoms with E-state index < -0.39 is 0 Å². The number of H-pyrrole nitrogens is 1. The van der Waals surface area contributed by atoms with Crippen molar-refractivity contribution in [2.45, 2.75) is 32.3 Å². The van der Waals surface area contributed by atoms with Crippen LogP contribution in [0.3, 0.4) is 0 Å². The molecule has 21 heavy (non-hydrogen) atoms. The molecule has 2 aromatic rings. The van der Waals surface area contributed by atoms with Gasteiger partial charge in [0.25, 0.3) is 5.91 Å². The van der Waals surface area contributed by atoms with Gasteiger partial charge in [0.15, 0.2) is 0 Å². The predicted molar refractivity (Wildman–Crippen MR) is 82.3 cm³/mol. The van der Waals surface area contributed by atoms with E-state index in [9.17, 15) is 9.90 Å². The summed E-state index contributed by atoms with van der Waals surface area (Å²) in [6.07, 6.45) is 4.39. The smallest absolute Gasteiger partial charge is 0.267 e. The molecule has 1 fully saturated rings. The fourth-order valence-electron chi connectivity index (χ4n) is 2.74. The van der Waals surface area contributed by atoms with Gasteiger partial charge in [-0.1, -0.05) is 6.42 Å². The number of aromatic amines is 1. The van der Waals surface area contributed by atoms with Gasteiger partial charge in [0.05, 0.1) is 16.8 Å². The van der Waals surface area contributed by atoms with Gasteiger partial charge in [0.1, 0.15) is 5.69 Å². The van der Waals surface area contributed by atoms with Crippen molar-refractivity contribution in [3.05, 3.63) is 28.3 Å². The number of aliphatic hydroxyl groups excluding tert-OH is 1. The van der Waals surface area contributed by atoms with Crippen molar-refractivity contribution < 1.29 is 9.90 Å². The topological polar surface area (TPSA) is 78.0 Å². The van der Waals surface area contributed by atoms with Gasteiger partial charge in [-0.3, -0.25) is 4.79 Å². The number of amides is 1. The standard InChI is InChI=1S/C15H19N3O2S/c1-9-18-13(8-21-9)11-5-12(16-7-11)15(20)17-6-10-3-2-4-14(10)19/h5,7-8,10,14,16,19H,2-4,6H2,1H3,(H,17,20). The molecule has 3 rings (SSSR count). The molecule has 0 bridgehead atoms. The summed E-state index contributed by atoms with van der Waals surface area (Å²) in [7, 11) is 0. The lowest BCUT2D eigenvalue weighted by atomic mass is 10.1. The SMILES string of the molecule is Cc1nc(-c2c[nH]c(C(=O)NCC3CCCC3O)c2)cs1. The lowest BCUT2D eigenvalue weighted by molar-refractivity contribution is 0.0912. The van der Waals surface area contributed by atoms with Crippen LogP contribution in [0.2, 0.25) is 0 Å². The van der Waals surface area contributed by atoms with Gasteiger partial charge in [0, 0.05) is 29.6 Å². The van der Waals surface area contributed by atoms with E-state index in [2.05, 4.69) is 15.3 Å². The van der Waals surface area contributed by atoms with Crippen molar-refractivity contribution >= 4 is 17.2 Å². The number of carbonyl (C=O) groups is 1. The fraction of sp³-hybridized carbons (Fsp3) is 0.467. The predicted octanol–water partition coefficient (Wildman–Crippen LogP) is 2.34. The molecule has 5 nitrogen and oxygen atoms in total. The number of nitrogens with one attached hydrogen (secondary N) is 2.